The monoisotopic (exact) mass is 270 g/mol. The Balaban J connectivity index is 2.07. The molecule has 0 bridgehead atoms. The first-order valence-electron chi connectivity index (χ1n) is 7.65. The minimum absolute atomic E-state index is 0.793. The summed E-state index contributed by atoms with van der Waals surface area (Å²) in [6.45, 7) is 6.09. The van der Waals surface area contributed by atoms with Crippen LogP contribution in [0.2, 0.25) is 0 Å². The lowest BCUT2D eigenvalue weighted by atomic mass is 9.91. The fourth-order valence-corrected chi connectivity index (χ4v) is 4.09. The molecule has 0 aromatic rings. The number of rotatable bonds is 10. The van der Waals surface area contributed by atoms with Crippen molar-refractivity contribution >= 4 is 11.8 Å². The quantitative estimate of drug-likeness (QED) is 0.412. The molecule has 106 valence electrons. The summed E-state index contributed by atoms with van der Waals surface area (Å²) < 4.78 is 5.73. The Morgan fingerprint density at radius 2 is 1.89 bits per heavy atom. The fraction of sp³-hybridized carbons (Fsp3) is 0.875. The first kappa shape index (κ1) is 16.1. The molecule has 0 spiro atoms. The molecule has 0 amide bonds. The molecule has 1 aliphatic rings. The van der Waals surface area contributed by atoms with E-state index in [1.807, 2.05) is 6.92 Å². The summed E-state index contributed by atoms with van der Waals surface area (Å²) in [6, 6.07) is 0. The van der Waals surface area contributed by atoms with Gasteiger partial charge in [-0.2, -0.15) is 11.8 Å². The summed E-state index contributed by atoms with van der Waals surface area (Å²) in [5.74, 6) is 4.41. The molecule has 0 aliphatic carbocycles. The van der Waals surface area contributed by atoms with Gasteiger partial charge >= 0.3 is 0 Å². The third kappa shape index (κ3) is 6.84. The smallest absolute Gasteiger partial charge is 0.0647 e. The van der Waals surface area contributed by atoms with E-state index in [1.54, 1.807) is 0 Å². The van der Waals surface area contributed by atoms with E-state index in [4.69, 9.17) is 4.74 Å². The van der Waals surface area contributed by atoms with E-state index in [2.05, 4.69) is 30.8 Å². The van der Waals surface area contributed by atoms with Gasteiger partial charge in [0.05, 0.1) is 13.2 Å². The van der Waals surface area contributed by atoms with Crippen LogP contribution in [0.1, 0.15) is 52.4 Å². The second kappa shape index (κ2) is 10.9. The van der Waals surface area contributed by atoms with Crippen LogP contribution in [0, 0.1) is 11.8 Å². The molecule has 0 radical (unpaired) electrons. The number of allylic oxidation sites excluding steroid dienone is 1. The minimum atomic E-state index is 0.793. The highest BCUT2D eigenvalue weighted by Gasteiger charge is 2.27. The topological polar surface area (TPSA) is 9.23 Å². The highest BCUT2D eigenvalue weighted by atomic mass is 32.2. The van der Waals surface area contributed by atoms with Gasteiger partial charge in [-0.25, -0.2) is 0 Å². The largest absolute Gasteiger partial charge is 0.377 e. The summed E-state index contributed by atoms with van der Waals surface area (Å²) >= 11 is 2.12. The van der Waals surface area contributed by atoms with Crippen LogP contribution in [-0.2, 0) is 4.74 Å². The number of unbranched alkanes of at least 4 members (excludes halogenated alkanes) is 4. The molecular weight excluding hydrogens is 240 g/mol. The van der Waals surface area contributed by atoms with Crippen molar-refractivity contribution in [2.24, 2.45) is 11.8 Å². The third-order valence-corrected chi connectivity index (χ3v) is 5.12. The molecule has 18 heavy (non-hydrogen) atoms. The molecule has 1 rings (SSSR count). The van der Waals surface area contributed by atoms with Gasteiger partial charge < -0.3 is 4.74 Å². The van der Waals surface area contributed by atoms with Gasteiger partial charge in [-0.3, -0.25) is 0 Å². The average molecular weight is 270 g/mol. The summed E-state index contributed by atoms with van der Waals surface area (Å²) in [5, 5.41) is 0. The van der Waals surface area contributed by atoms with Crippen molar-refractivity contribution in [1.82, 2.24) is 0 Å². The fourth-order valence-electron chi connectivity index (χ4n) is 2.54. The SMILES string of the molecule is CC=CCOC[C@@H]1CSC[C@@H]1CCCCCCC. The van der Waals surface area contributed by atoms with Gasteiger partial charge in [0.25, 0.3) is 0 Å². The van der Waals surface area contributed by atoms with E-state index in [1.165, 1.54) is 50.0 Å². The van der Waals surface area contributed by atoms with E-state index in [0.29, 0.717) is 0 Å². The van der Waals surface area contributed by atoms with Crippen LogP contribution in [0.5, 0.6) is 0 Å². The van der Waals surface area contributed by atoms with Gasteiger partial charge in [0.15, 0.2) is 0 Å². The van der Waals surface area contributed by atoms with Gasteiger partial charge in [0.2, 0.25) is 0 Å². The van der Waals surface area contributed by atoms with Crippen LogP contribution < -0.4 is 0 Å². The molecular formula is C16H30OS. The summed E-state index contributed by atoms with van der Waals surface area (Å²) in [5.41, 5.74) is 0. The molecule has 1 nitrogen and oxygen atoms in total. The lowest BCUT2D eigenvalue weighted by Crippen LogP contribution is -2.18. The Morgan fingerprint density at radius 1 is 1.11 bits per heavy atom. The maximum atomic E-state index is 5.73. The molecule has 2 heteroatoms. The predicted molar refractivity (Wildman–Crippen MR) is 83.3 cm³/mol. The van der Waals surface area contributed by atoms with Crippen LogP contribution in [0.25, 0.3) is 0 Å². The second-order valence-electron chi connectivity index (χ2n) is 5.37. The summed E-state index contributed by atoms with van der Waals surface area (Å²) in [4.78, 5) is 0. The van der Waals surface area contributed by atoms with Crippen molar-refractivity contribution in [2.45, 2.75) is 52.4 Å². The third-order valence-electron chi connectivity index (χ3n) is 3.79. The van der Waals surface area contributed by atoms with Gasteiger partial charge in [-0.05, 0) is 36.7 Å². The van der Waals surface area contributed by atoms with E-state index in [0.717, 1.165) is 25.0 Å². The van der Waals surface area contributed by atoms with Crippen LogP contribution in [0.15, 0.2) is 12.2 Å². The summed E-state index contributed by atoms with van der Waals surface area (Å²) in [6.07, 6.45) is 12.6. The molecule has 0 unspecified atom stereocenters. The molecule has 2 atom stereocenters. The number of hydrogen-bond acceptors (Lipinski definition) is 2. The van der Waals surface area contributed by atoms with Crippen molar-refractivity contribution in [2.75, 3.05) is 24.7 Å². The van der Waals surface area contributed by atoms with E-state index in [9.17, 15) is 0 Å². The Labute approximate surface area is 118 Å². The van der Waals surface area contributed by atoms with Gasteiger partial charge in [-0.15, -0.1) is 0 Å². The first-order valence-corrected chi connectivity index (χ1v) is 8.80. The van der Waals surface area contributed by atoms with E-state index < -0.39 is 0 Å². The second-order valence-corrected chi connectivity index (χ2v) is 6.44. The predicted octanol–water partition coefficient (Wildman–Crippen LogP) is 4.92. The van der Waals surface area contributed by atoms with Crippen LogP contribution in [-0.4, -0.2) is 24.7 Å². The molecule has 1 saturated heterocycles. The van der Waals surface area contributed by atoms with Crippen LogP contribution in [0.4, 0.5) is 0 Å². The van der Waals surface area contributed by atoms with Gasteiger partial charge in [-0.1, -0.05) is 51.2 Å². The zero-order chi connectivity index (χ0) is 13.1. The zero-order valence-electron chi connectivity index (χ0n) is 12.2. The normalized spacial score (nSPS) is 24.1. The molecule has 0 N–H and O–H groups in total. The highest BCUT2D eigenvalue weighted by Crippen LogP contribution is 2.33. The van der Waals surface area contributed by atoms with Crippen molar-refractivity contribution in [1.29, 1.82) is 0 Å². The van der Waals surface area contributed by atoms with E-state index >= 15 is 0 Å². The molecule has 1 heterocycles. The maximum Gasteiger partial charge on any atom is 0.0647 e. The number of thioether (sulfide) groups is 1. The Bertz CT molecular complexity index is 215. The molecule has 0 saturated carbocycles. The Morgan fingerprint density at radius 3 is 2.67 bits per heavy atom. The van der Waals surface area contributed by atoms with Crippen molar-refractivity contribution in [3.05, 3.63) is 12.2 Å². The lowest BCUT2D eigenvalue weighted by molar-refractivity contribution is 0.111. The standard InChI is InChI=1S/C16H30OS/c1-3-5-7-8-9-10-15-13-18-14-16(15)12-17-11-6-4-2/h4,6,15-16H,3,5,7-14H2,1-2H3/t15-,16+/m0/s1. The van der Waals surface area contributed by atoms with Crippen molar-refractivity contribution < 1.29 is 4.74 Å². The maximum absolute atomic E-state index is 5.73. The number of ether oxygens (including phenoxy) is 1. The Hall–Kier alpha value is 0.0500. The van der Waals surface area contributed by atoms with Crippen LogP contribution in [0.3, 0.4) is 0 Å². The summed E-state index contributed by atoms with van der Waals surface area (Å²) in [7, 11) is 0. The lowest BCUT2D eigenvalue weighted by Gasteiger charge is -2.18. The van der Waals surface area contributed by atoms with E-state index in [-0.39, 0.29) is 0 Å². The highest BCUT2D eigenvalue weighted by molar-refractivity contribution is 7.99. The molecule has 1 aliphatic heterocycles. The van der Waals surface area contributed by atoms with Crippen molar-refractivity contribution in [3.8, 4) is 0 Å². The zero-order valence-corrected chi connectivity index (χ0v) is 13.0. The van der Waals surface area contributed by atoms with Crippen LogP contribution >= 0.6 is 11.8 Å². The number of hydrogen-bond donors (Lipinski definition) is 0. The Kier molecular flexibility index (Phi) is 9.78. The minimum Gasteiger partial charge on any atom is -0.377 e. The molecule has 1 fully saturated rings. The van der Waals surface area contributed by atoms with Gasteiger partial charge in [0, 0.05) is 0 Å². The molecule has 0 aromatic carbocycles. The first-order chi connectivity index (χ1) is 8.88. The van der Waals surface area contributed by atoms with Crippen molar-refractivity contribution in [3.63, 3.8) is 0 Å². The van der Waals surface area contributed by atoms with Gasteiger partial charge in [0.1, 0.15) is 0 Å². The molecule has 0 aromatic heterocycles. The average Bonchev–Trinajstić information content (AvgIpc) is 2.82.